The van der Waals surface area contributed by atoms with Crippen molar-refractivity contribution < 1.29 is 9.53 Å². The highest BCUT2D eigenvalue weighted by atomic mass is 35.5. The quantitative estimate of drug-likeness (QED) is 0.215. The van der Waals surface area contributed by atoms with Gasteiger partial charge in [-0.25, -0.2) is 0 Å². The van der Waals surface area contributed by atoms with Gasteiger partial charge in [0.05, 0.1) is 6.61 Å². The number of ether oxygens (including phenoxy) is 1. The molecule has 0 rings (SSSR count). The van der Waals surface area contributed by atoms with E-state index in [1.165, 1.54) is 51.4 Å². The Bertz CT molecular complexity index is 207. The van der Waals surface area contributed by atoms with Gasteiger partial charge in [0.2, 0.25) is 0 Å². The maximum Gasteiger partial charge on any atom is 0.305 e. The molecule has 0 aliphatic heterocycles. The van der Waals surface area contributed by atoms with Gasteiger partial charge in [-0.2, -0.15) is 0 Å². The highest BCUT2D eigenvalue weighted by molar-refractivity contribution is 6.17. The standard InChI is InChI=1S/C17H33ClO2/c1-2-3-4-5-6-10-13-16-20-17(19)14-11-8-7-9-12-15-18/h2-16H2,1H3. The molecule has 0 aromatic heterocycles. The molecule has 0 N–H and O–H groups in total. The van der Waals surface area contributed by atoms with E-state index < -0.39 is 0 Å². The predicted molar refractivity (Wildman–Crippen MR) is 87.4 cm³/mol. The molecular formula is C17H33ClO2. The molecule has 0 fully saturated rings. The average Bonchev–Trinajstić information content (AvgIpc) is 2.45. The highest BCUT2D eigenvalue weighted by Crippen LogP contribution is 2.08. The van der Waals surface area contributed by atoms with E-state index in [2.05, 4.69) is 6.92 Å². The molecule has 0 aromatic carbocycles. The van der Waals surface area contributed by atoms with Gasteiger partial charge in [0.1, 0.15) is 0 Å². The van der Waals surface area contributed by atoms with E-state index in [4.69, 9.17) is 16.3 Å². The van der Waals surface area contributed by atoms with E-state index in [9.17, 15) is 4.79 Å². The molecule has 0 saturated heterocycles. The van der Waals surface area contributed by atoms with Gasteiger partial charge < -0.3 is 4.74 Å². The number of carbonyl (C=O) groups excluding carboxylic acids is 1. The molecule has 0 aliphatic carbocycles. The molecule has 0 heterocycles. The van der Waals surface area contributed by atoms with Crippen LogP contribution in [0.3, 0.4) is 0 Å². The van der Waals surface area contributed by atoms with Crippen LogP contribution in [0.5, 0.6) is 0 Å². The number of halogens is 1. The van der Waals surface area contributed by atoms with Crippen molar-refractivity contribution >= 4 is 17.6 Å². The Morgan fingerprint density at radius 2 is 1.35 bits per heavy atom. The zero-order valence-electron chi connectivity index (χ0n) is 13.3. The van der Waals surface area contributed by atoms with Gasteiger partial charge in [0.25, 0.3) is 0 Å². The summed E-state index contributed by atoms with van der Waals surface area (Å²) in [5.41, 5.74) is 0. The Hall–Kier alpha value is -0.240. The molecule has 0 bridgehead atoms. The van der Waals surface area contributed by atoms with Crippen LogP contribution in [-0.4, -0.2) is 18.5 Å². The lowest BCUT2D eigenvalue weighted by molar-refractivity contribution is -0.143. The molecule has 0 radical (unpaired) electrons. The normalized spacial score (nSPS) is 10.7. The molecule has 0 saturated carbocycles. The number of hydrogen-bond acceptors (Lipinski definition) is 2. The Morgan fingerprint density at radius 1 is 0.800 bits per heavy atom. The van der Waals surface area contributed by atoms with Crippen molar-refractivity contribution in [1.82, 2.24) is 0 Å². The number of rotatable bonds is 15. The molecule has 0 aromatic rings. The first-order valence-electron chi connectivity index (χ1n) is 8.52. The third kappa shape index (κ3) is 15.8. The lowest BCUT2D eigenvalue weighted by Crippen LogP contribution is -2.05. The molecule has 0 atom stereocenters. The minimum absolute atomic E-state index is 0.0201. The van der Waals surface area contributed by atoms with E-state index >= 15 is 0 Å². The molecular weight excluding hydrogens is 272 g/mol. The monoisotopic (exact) mass is 304 g/mol. The van der Waals surface area contributed by atoms with Crippen LogP contribution >= 0.6 is 11.6 Å². The lowest BCUT2D eigenvalue weighted by atomic mass is 10.1. The Labute approximate surface area is 130 Å². The minimum Gasteiger partial charge on any atom is -0.466 e. The number of alkyl halides is 1. The summed E-state index contributed by atoms with van der Waals surface area (Å²) in [5.74, 6) is 0.730. The minimum atomic E-state index is -0.0201. The summed E-state index contributed by atoms with van der Waals surface area (Å²) < 4.78 is 5.24. The Morgan fingerprint density at radius 3 is 2.00 bits per heavy atom. The Kier molecular flexibility index (Phi) is 16.6. The maximum absolute atomic E-state index is 11.5. The van der Waals surface area contributed by atoms with Gasteiger partial charge in [0.15, 0.2) is 0 Å². The van der Waals surface area contributed by atoms with Crippen LogP contribution in [-0.2, 0) is 9.53 Å². The summed E-state index contributed by atoms with van der Waals surface area (Å²) in [5, 5.41) is 0. The van der Waals surface area contributed by atoms with Crippen molar-refractivity contribution in [3.8, 4) is 0 Å². The van der Waals surface area contributed by atoms with Crippen LogP contribution in [0.15, 0.2) is 0 Å². The van der Waals surface area contributed by atoms with Gasteiger partial charge in [-0.3, -0.25) is 4.79 Å². The highest BCUT2D eigenvalue weighted by Gasteiger charge is 2.02. The number of unbranched alkanes of at least 4 members (excludes halogenated alkanes) is 10. The van der Waals surface area contributed by atoms with Crippen LogP contribution in [0.2, 0.25) is 0 Å². The van der Waals surface area contributed by atoms with Gasteiger partial charge in [0, 0.05) is 12.3 Å². The number of carbonyl (C=O) groups is 1. The van der Waals surface area contributed by atoms with Gasteiger partial charge in [-0.05, 0) is 19.3 Å². The van der Waals surface area contributed by atoms with Crippen molar-refractivity contribution in [3.05, 3.63) is 0 Å². The van der Waals surface area contributed by atoms with Crippen LogP contribution in [0.1, 0.15) is 90.4 Å². The average molecular weight is 305 g/mol. The smallest absolute Gasteiger partial charge is 0.305 e. The first kappa shape index (κ1) is 19.8. The fourth-order valence-corrected chi connectivity index (χ4v) is 2.40. The fourth-order valence-electron chi connectivity index (χ4n) is 2.21. The van der Waals surface area contributed by atoms with E-state index in [-0.39, 0.29) is 5.97 Å². The summed E-state index contributed by atoms with van der Waals surface area (Å²) in [7, 11) is 0. The lowest BCUT2D eigenvalue weighted by Gasteiger charge is -2.05. The zero-order valence-corrected chi connectivity index (χ0v) is 14.1. The summed E-state index contributed by atoms with van der Waals surface area (Å²) in [4.78, 5) is 11.5. The van der Waals surface area contributed by atoms with Crippen LogP contribution in [0.4, 0.5) is 0 Å². The third-order valence-electron chi connectivity index (χ3n) is 3.53. The summed E-state index contributed by atoms with van der Waals surface area (Å²) in [6, 6.07) is 0. The van der Waals surface area contributed by atoms with E-state index in [1.807, 2.05) is 0 Å². The number of hydrogen-bond donors (Lipinski definition) is 0. The van der Waals surface area contributed by atoms with Crippen LogP contribution in [0, 0.1) is 0 Å². The van der Waals surface area contributed by atoms with Crippen LogP contribution in [0.25, 0.3) is 0 Å². The Balaban J connectivity index is 3.12. The molecule has 0 spiro atoms. The summed E-state index contributed by atoms with van der Waals surface area (Å²) in [6.45, 7) is 2.84. The molecule has 120 valence electrons. The van der Waals surface area contributed by atoms with Crippen LogP contribution < -0.4 is 0 Å². The van der Waals surface area contributed by atoms with Crippen molar-refractivity contribution in [2.75, 3.05) is 12.5 Å². The first-order chi connectivity index (χ1) is 9.81. The van der Waals surface area contributed by atoms with E-state index in [0.717, 1.165) is 31.6 Å². The molecule has 20 heavy (non-hydrogen) atoms. The molecule has 0 unspecified atom stereocenters. The molecule has 3 heteroatoms. The van der Waals surface area contributed by atoms with Crippen molar-refractivity contribution in [2.45, 2.75) is 90.4 Å². The van der Waals surface area contributed by atoms with Gasteiger partial charge >= 0.3 is 5.97 Å². The SMILES string of the molecule is CCCCCCCCCOC(=O)CCCCCCCCl. The fraction of sp³-hybridized carbons (Fsp3) is 0.941. The second-order valence-corrected chi connectivity index (χ2v) is 5.93. The second-order valence-electron chi connectivity index (χ2n) is 5.55. The van der Waals surface area contributed by atoms with Crippen molar-refractivity contribution in [2.24, 2.45) is 0 Å². The zero-order chi connectivity index (χ0) is 14.9. The summed E-state index contributed by atoms with van der Waals surface area (Å²) in [6.07, 6.45) is 14.9. The van der Waals surface area contributed by atoms with Gasteiger partial charge in [-0.1, -0.05) is 64.7 Å². The second kappa shape index (κ2) is 16.8. The number of esters is 1. The van der Waals surface area contributed by atoms with Gasteiger partial charge in [-0.15, -0.1) is 11.6 Å². The molecule has 0 amide bonds. The predicted octanol–water partition coefficient (Wildman–Crippen LogP) is 5.86. The van der Waals surface area contributed by atoms with Crippen molar-refractivity contribution in [3.63, 3.8) is 0 Å². The molecule has 2 nitrogen and oxygen atoms in total. The largest absolute Gasteiger partial charge is 0.466 e. The summed E-state index contributed by atoms with van der Waals surface area (Å²) >= 11 is 5.61. The van der Waals surface area contributed by atoms with E-state index in [1.54, 1.807) is 0 Å². The first-order valence-corrected chi connectivity index (χ1v) is 9.06. The van der Waals surface area contributed by atoms with E-state index in [0.29, 0.717) is 13.0 Å². The third-order valence-corrected chi connectivity index (χ3v) is 3.79. The van der Waals surface area contributed by atoms with Crippen molar-refractivity contribution in [1.29, 1.82) is 0 Å². The topological polar surface area (TPSA) is 26.3 Å². The maximum atomic E-state index is 11.5. The molecule has 0 aliphatic rings.